The molecule has 1 fully saturated rings. The standard InChI is InChI=1S/C16H26N2S/c1-16(2,3)17-10-12-8-5-9-13-14(12)18-15(19-13)11-6-4-7-11/h11-12,17H,4-10H2,1-3H3. The highest BCUT2D eigenvalue weighted by atomic mass is 32.1. The summed E-state index contributed by atoms with van der Waals surface area (Å²) in [6.45, 7) is 7.83. The highest BCUT2D eigenvalue weighted by molar-refractivity contribution is 7.11. The van der Waals surface area contributed by atoms with Crippen LogP contribution in [0.5, 0.6) is 0 Å². The van der Waals surface area contributed by atoms with E-state index in [0.717, 1.165) is 12.5 Å². The number of aromatic nitrogens is 1. The van der Waals surface area contributed by atoms with Gasteiger partial charge >= 0.3 is 0 Å². The summed E-state index contributed by atoms with van der Waals surface area (Å²) in [4.78, 5) is 6.62. The van der Waals surface area contributed by atoms with E-state index in [1.807, 2.05) is 11.3 Å². The van der Waals surface area contributed by atoms with Gasteiger partial charge in [-0.1, -0.05) is 6.42 Å². The molecule has 1 saturated carbocycles. The van der Waals surface area contributed by atoms with Gasteiger partial charge in [-0.3, -0.25) is 0 Å². The highest BCUT2D eigenvalue weighted by Crippen LogP contribution is 2.42. The van der Waals surface area contributed by atoms with Crippen LogP contribution in [0.15, 0.2) is 0 Å². The van der Waals surface area contributed by atoms with Crippen molar-refractivity contribution in [3.63, 3.8) is 0 Å². The van der Waals surface area contributed by atoms with Crippen molar-refractivity contribution in [1.82, 2.24) is 10.3 Å². The quantitative estimate of drug-likeness (QED) is 0.895. The molecule has 106 valence electrons. The van der Waals surface area contributed by atoms with Crippen LogP contribution in [0.1, 0.15) is 80.3 Å². The molecule has 1 heterocycles. The van der Waals surface area contributed by atoms with Gasteiger partial charge in [-0.25, -0.2) is 4.98 Å². The lowest BCUT2D eigenvalue weighted by atomic mass is 9.86. The third-order valence-corrected chi connectivity index (χ3v) is 5.71. The van der Waals surface area contributed by atoms with Crippen LogP contribution in [0.4, 0.5) is 0 Å². The lowest BCUT2D eigenvalue weighted by Gasteiger charge is -2.27. The van der Waals surface area contributed by atoms with Gasteiger partial charge in [0.25, 0.3) is 0 Å². The SMILES string of the molecule is CC(C)(C)NCC1CCCc2sc(C3CCC3)nc21. The van der Waals surface area contributed by atoms with Crippen molar-refractivity contribution in [3.8, 4) is 0 Å². The maximum Gasteiger partial charge on any atom is 0.0962 e. The van der Waals surface area contributed by atoms with Gasteiger partial charge < -0.3 is 5.32 Å². The molecule has 2 nitrogen and oxygen atoms in total. The van der Waals surface area contributed by atoms with Crippen LogP contribution in [0.2, 0.25) is 0 Å². The van der Waals surface area contributed by atoms with Crippen LogP contribution >= 0.6 is 11.3 Å². The molecule has 0 aromatic carbocycles. The molecule has 3 heteroatoms. The first kappa shape index (κ1) is 13.6. The van der Waals surface area contributed by atoms with Gasteiger partial charge in [-0.2, -0.15) is 0 Å². The second kappa shape index (κ2) is 5.17. The predicted octanol–water partition coefficient (Wildman–Crippen LogP) is 4.22. The second-order valence-electron chi connectivity index (χ2n) is 7.21. The molecule has 1 aromatic heterocycles. The Kier molecular flexibility index (Phi) is 3.69. The topological polar surface area (TPSA) is 24.9 Å². The van der Waals surface area contributed by atoms with E-state index >= 15 is 0 Å². The number of nitrogens with zero attached hydrogens (tertiary/aromatic N) is 1. The Balaban J connectivity index is 1.73. The Morgan fingerprint density at radius 3 is 2.63 bits per heavy atom. The molecule has 0 spiro atoms. The van der Waals surface area contributed by atoms with Crippen LogP contribution < -0.4 is 5.32 Å². The molecule has 2 aliphatic carbocycles. The summed E-state index contributed by atoms with van der Waals surface area (Å²) in [5.41, 5.74) is 1.65. The monoisotopic (exact) mass is 278 g/mol. The summed E-state index contributed by atoms with van der Waals surface area (Å²) in [5.74, 6) is 1.44. The molecule has 1 aromatic rings. The van der Waals surface area contributed by atoms with Gasteiger partial charge in [-0.15, -0.1) is 11.3 Å². The number of hydrogen-bond acceptors (Lipinski definition) is 3. The average Bonchev–Trinajstić information content (AvgIpc) is 2.66. The minimum atomic E-state index is 0.213. The molecule has 0 bridgehead atoms. The number of hydrogen-bond donors (Lipinski definition) is 1. The Morgan fingerprint density at radius 1 is 1.21 bits per heavy atom. The van der Waals surface area contributed by atoms with Crippen LogP contribution in [-0.4, -0.2) is 17.1 Å². The first-order valence-electron chi connectivity index (χ1n) is 7.77. The lowest BCUT2D eigenvalue weighted by molar-refractivity contribution is 0.385. The number of nitrogens with one attached hydrogen (secondary N) is 1. The average molecular weight is 278 g/mol. The summed E-state index contributed by atoms with van der Waals surface area (Å²) in [6, 6.07) is 0. The number of aryl methyl sites for hydroxylation is 1. The first-order valence-corrected chi connectivity index (χ1v) is 8.59. The van der Waals surface area contributed by atoms with E-state index in [9.17, 15) is 0 Å². The minimum Gasteiger partial charge on any atom is -0.311 e. The highest BCUT2D eigenvalue weighted by Gasteiger charge is 2.29. The van der Waals surface area contributed by atoms with Crippen LogP contribution in [0.3, 0.4) is 0 Å². The zero-order valence-electron chi connectivity index (χ0n) is 12.5. The van der Waals surface area contributed by atoms with Crippen molar-refractivity contribution >= 4 is 11.3 Å². The fraction of sp³-hybridized carbons (Fsp3) is 0.812. The maximum atomic E-state index is 5.03. The fourth-order valence-corrected chi connectivity index (χ4v) is 4.35. The van der Waals surface area contributed by atoms with E-state index in [4.69, 9.17) is 4.98 Å². The van der Waals surface area contributed by atoms with Crippen molar-refractivity contribution in [1.29, 1.82) is 0 Å². The number of thiazole rings is 1. The van der Waals surface area contributed by atoms with E-state index in [1.165, 1.54) is 49.2 Å². The van der Waals surface area contributed by atoms with Gasteiger partial charge in [0.1, 0.15) is 0 Å². The number of fused-ring (bicyclic) bond motifs is 1. The predicted molar refractivity (Wildman–Crippen MR) is 82.1 cm³/mol. The smallest absolute Gasteiger partial charge is 0.0962 e. The second-order valence-corrected chi connectivity index (χ2v) is 8.32. The first-order chi connectivity index (χ1) is 9.03. The fourth-order valence-electron chi connectivity index (χ4n) is 2.98. The van der Waals surface area contributed by atoms with E-state index in [-0.39, 0.29) is 5.54 Å². The summed E-state index contributed by atoms with van der Waals surface area (Å²) in [5, 5.41) is 5.11. The Hall–Kier alpha value is -0.410. The van der Waals surface area contributed by atoms with Gasteiger partial charge in [0.05, 0.1) is 10.7 Å². The van der Waals surface area contributed by atoms with Crippen LogP contribution in [-0.2, 0) is 6.42 Å². The Labute approximate surface area is 121 Å². The van der Waals surface area contributed by atoms with E-state index in [1.54, 1.807) is 4.88 Å². The molecule has 0 saturated heterocycles. The molecular weight excluding hydrogens is 252 g/mol. The van der Waals surface area contributed by atoms with Crippen molar-refractivity contribution in [2.75, 3.05) is 6.54 Å². The van der Waals surface area contributed by atoms with Crippen LogP contribution in [0.25, 0.3) is 0 Å². The van der Waals surface area contributed by atoms with Gasteiger partial charge in [0, 0.05) is 28.8 Å². The normalized spacial score (nSPS) is 24.1. The van der Waals surface area contributed by atoms with Gasteiger partial charge in [0.2, 0.25) is 0 Å². The third kappa shape index (κ3) is 3.03. The van der Waals surface area contributed by atoms with Crippen molar-refractivity contribution < 1.29 is 0 Å². The minimum absolute atomic E-state index is 0.213. The summed E-state index contributed by atoms with van der Waals surface area (Å²) >= 11 is 2.02. The molecular formula is C16H26N2S. The molecule has 1 unspecified atom stereocenters. The molecule has 0 aliphatic heterocycles. The van der Waals surface area contributed by atoms with Gasteiger partial charge in [0.15, 0.2) is 0 Å². The zero-order chi connectivity index (χ0) is 13.5. The Bertz CT molecular complexity index is 440. The molecule has 19 heavy (non-hydrogen) atoms. The Morgan fingerprint density at radius 2 is 2.00 bits per heavy atom. The summed E-state index contributed by atoms with van der Waals surface area (Å²) < 4.78 is 0. The van der Waals surface area contributed by atoms with Crippen molar-refractivity contribution in [3.05, 3.63) is 15.6 Å². The lowest BCUT2D eigenvalue weighted by Crippen LogP contribution is -2.39. The maximum absolute atomic E-state index is 5.03. The third-order valence-electron chi connectivity index (χ3n) is 4.42. The summed E-state index contributed by atoms with van der Waals surface area (Å²) in [6.07, 6.45) is 8.07. The molecule has 1 atom stereocenters. The van der Waals surface area contributed by atoms with Gasteiger partial charge in [-0.05, 0) is 52.9 Å². The van der Waals surface area contributed by atoms with E-state index < -0.39 is 0 Å². The van der Waals surface area contributed by atoms with Crippen molar-refractivity contribution in [2.45, 2.75) is 76.7 Å². The molecule has 3 rings (SSSR count). The van der Waals surface area contributed by atoms with Crippen LogP contribution in [0, 0.1) is 0 Å². The zero-order valence-corrected chi connectivity index (χ0v) is 13.3. The molecule has 2 aliphatic rings. The number of rotatable bonds is 3. The molecule has 0 amide bonds. The van der Waals surface area contributed by atoms with E-state index in [2.05, 4.69) is 26.1 Å². The summed E-state index contributed by atoms with van der Waals surface area (Å²) in [7, 11) is 0. The molecule has 1 N–H and O–H groups in total. The largest absolute Gasteiger partial charge is 0.311 e. The van der Waals surface area contributed by atoms with Crippen molar-refractivity contribution in [2.24, 2.45) is 0 Å². The van der Waals surface area contributed by atoms with E-state index in [0.29, 0.717) is 5.92 Å². The molecule has 0 radical (unpaired) electrons.